The number of carbonyl (C=O) groups excluding carboxylic acids is 1. The molecule has 12 nitrogen and oxygen atoms in total. The molecule has 1 amide bonds. The van der Waals surface area contributed by atoms with Gasteiger partial charge < -0.3 is 20.8 Å². The van der Waals surface area contributed by atoms with Crippen molar-refractivity contribution in [2.24, 2.45) is 11.3 Å². The van der Waals surface area contributed by atoms with Crippen molar-refractivity contribution in [3.05, 3.63) is 94.2 Å². The molecule has 0 spiro atoms. The molecule has 0 aliphatic carbocycles. The van der Waals surface area contributed by atoms with Crippen LogP contribution < -0.4 is 26.6 Å². The van der Waals surface area contributed by atoms with Crippen LogP contribution >= 0.6 is 11.6 Å². The second-order valence-electron chi connectivity index (χ2n) is 12.0. The highest BCUT2D eigenvalue weighted by Gasteiger charge is 2.41. The molecule has 5 rings (SSSR count). The lowest BCUT2D eigenvalue weighted by molar-refractivity contribution is -0.124. The number of nitrogens with zero attached hydrogens (tertiary/aromatic N) is 5. The molecule has 4 aromatic rings. The van der Waals surface area contributed by atoms with Crippen molar-refractivity contribution in [3.8, 4) is 5.88 Å². The number of amides is 1. The van der Waals surface area contributed by atoms with E-state index in [0.717, 1.165) is 27.8 Å². The summed E-state index contributed by atoms with van der Waals surface area (Å²) in [6, 6.07) is 12.8. The Morgan fingerprint density at radius 2 is 1.87 bits per heavy atom. The van der Waals surface area contributed by atoms with Gasteiger partial charge in [-0.05, 0) is 78.4 Å². The number of carbonyl (C=O) groups is 1. The van der Waals surface area contributed by atoms with Gasteiger partial charge in [0.15, 0.2) is 0 Å². The number of hydrogen-bond acceptors (Lipinski definition) is 10. The Morgan fingerprint density at radius 1 is 1.15 bits per heavy atom. The van der Waals surface area contributed by atoms with E-state index in [4.69, 9.17) is 27.9 Å². The molecule has 47 heavy (non-hydrogen) atoms. The van der Waals surface area contributed by atoms with Crippen molar-refractivity contribution in [3.63, 3.8) is 0 Å². The van der Waals surface area contributed by atoms with Crippen LogP contribution in [-0.4, -0.2) is 53.3 Å². The molecule has 0 saturated heterocycles. The Morgan fingerprint density at radius 3 is 2.57 bits per heavy atom. The molecule has 2 aromatic carbocycles. The second kappa shape index (κ2) is 13.4. The van der Waals surface area contributed by atoms with Crippen LogP contribution in [0, 0.1) is 19.3 Å². The Balaban J connectivity index is 1.60. The molecule has 0 saturated carbocycles. The highest BCUT2D eigenvalue weighted by molar-refractivity contribution is 7.89. The zero-order valence-electron chi connectivity index (χ0n) is 27.0. The average molecular weight is 679 g/mol. The molecule has 0 fully saturated rings. The molecule has 0 bridgehead atoms. The largest absolute Gasteiger partial charge is 0.475 e. The highest BCUT2D eigenvalue weighted by Crippen LogP contribution is 2.46. The van der Waals surface area contributed by atoms with E-state index in [-0.39, 0.29) is 41.7 Å². The first-order valence-corrected chi connectivity index (χ1v) is 16.9. The summed E-state index contributed by atoms with van der Waals surface area (Å²) in [6.07, 6.45) is 4.39. The van der Waals surface area contributed by atoms with Gasteiger partial charge in [0.2, 0.25) is 27.1 Å². The summed E-state index contributed by atoms with van der Waals surface area (Å²) in [6.45, 7) is 10.4. The van der Waals surface area contributed by atoms with Gasteiger partial charge in [0.25, 0.3) is 0 Å². The van der Waals surface area contributed by atoms with E-state index in [1.807, 2.05) is 65.0 Å². The summed E-state index contributed by atoms with van der Waals surface area (Å²) in [4.78, 5) is 26.2. The third-order valence-electron chi connectivity index (χ3n) is 8.67. The number of aromatic nitrogens is 3. The lowest BCUT2D eigenvalue weighted by atomic mass is 9.69. The molecule has 0 radical (unpaired) electrons. The van der Waals surface area contributed by atoms with E-state index in [9.17, 15) is 13.2 Å². The third kappa shape index (κ3) is 6.75. The van der Waals surface area contributed by atoms with Crippen molar-refractivity contribution < 1.29 is 17.9 Å². The Kier molecular flexibility index (Phi) is 9.73. The summed E-state index contributed by atoms with van der Waals surface area (Å²) in [7, 11) is -3.90. The van der Waals surface area contributed by atoms with Crippen molar-refractivity contribution in [2.45, 2.75) is 52.0 Å². The first-order valence-electron chi connectivity index (χ1n) is 15.1. The molecule has 14 heteroatoms. The monoisotopic (exact) mass is 678 g/mol. The number of halogens is 1. The first-order chi connectivity index (χ1) is 22.2. The molecule has 2 aromatic heterocycles. The van der Waals surface area contributed by atoms with Crippen LogP contribution in [0.5, 0.6) is 5.88 Å². The third-order valence-corrected chi connectivity index (χ3v) is 10.7. The number of ether oxygens (including phenoxy) is 1. The van der Waals surface area contributed by atoms with Crippen LogP contribution in [-0.2, 0) is 21.4 Å². The summed E-state index contributed by atoms with van der Waals surface area (Å²) in [5, 5.41) is 4.57. The first kappa shape index (κ1) is 34.0. The maximum atomic E-state index is 14.1. The summed E-state index contributed by atoms with van der Waals surface area (Å²) < 4.78 is 34.5. The zero-order chi connectivity index (χ0) is 34.1. The minimum absolute atomic E-state index is 0.0281. The zero-order valence-corrected chi connectivity index (χ0v) is 28.6. The quantitative estimate of drug-likeness (QED) is 0.0967. The number of hydrazine groups is 1. The summed E-state index contributed by atoms with van der Waals surface area (Å²) in [5.74, 6) is 5.51. The normalized spacial score (nSPS) is 15.2. The molecule has 0 unspecified atom stereocenters. The number of hydrogen-bond donors (Lipinski definition) is 3. The number of nitrogens with two attached hydrogens (primary N) is 2. The van der Waals surface area contributed by atoms with Gasteiger partial charge in [0.05, 0.1) is 34.9 Å². The number of sulfonamides is 1. The van der Waals surface area contributed by atoms with E-state index >= 15 is 0 Å². The van der Waals surface area contributed by atoms with Crippen molar-refractivity contribution in [1.29, 1.82) is 0 Å². The van der Waals surface area contributed by atoms with Crippen LogP contribution in [0.25, 0.3) is 0 Å². The number of rotatable bonds is 9. The van der Waals surface area contributed by atoms with Gasteiger partial charge in [0.1, 0.15) is 11.5 Å². The Bertz CT molecular complexity index is 1900. The molecular formula is C33H39ClN8O4S. The lowest BCUT2D eigenvalue weighted by Crippen LogP contribution is -2.38. The van der Waals surface area contributed by atoms with Crippen LogP contribution in [0.15, 0.2) is 66.0 Å². The Labute approximate surface area is 280 Å². The Hall–Kier alpha value is -4.30. The molecule has 3 heterocycles. The van der Waals surface area contributed by atoms with E-state index in [0.29, 0.717) is 23.6 Å². The number of nitrogens with one attached hydrogen (secondary N) is 1. The van der Waals surface area contributed by atoms with E-state index in [1.54, 1.807) is 11.1 Å². The van der Waals surface area contributed by atoms with E-state index in [1.165, 1.54) is 29.0 Å². The number of aryl methyl sites for hydroxylation is 1. The number of pyridine rings is 1. The van der Waals surface area contributed by atoms with Gasteiger partial charge in [-0.2, -0.15) is 4.31 Å². The minimum atomic E-state index is -3.90. The van der Waals surface area contributed by atoms with Gasteiger partial charge in [0, 0.05) is 31.7 Å². The summed E-state index contributed by atoms with van der Waals surface area (Å²) in [5.41, 5.74) is 11.3. The van der Waals surface area contributed by atoms with Crippen molar-refractivity contribution in [2.75, 3.05) is 35.8 Å². The molecule has 1 aliphatic heterocycles. The predicted molar refractivity (Wildman–Crippen MR) is 183 cm³/mol. The molecular weight excluding hydrogens is 640 g/mol. The van der Waals surface area contributed by atoms with Gasteiger partial charge in [-0.3, -0.25) is 4.79 Å². The maximum absolute atomic E-state index is 14.1. The number of nitrogen functional groups attached to an aromatic ring is 1. The SMILES string of the molecule is CCN(N)c1ccc([C@H](c2ccc(C)c(CN3CCOc4ncccc4S3(=O)=O)c2)C(C)(C)C(=O)Nc2cnc(Cl)nc2)c(C)c1N. The van der Waals surface area contributed by atoms with Crippen LogP contribution in [0.1, 0.15) is 54.5 Å². The van der Waals surface area contributed by atoms with E-state index < -0.39 is 21.4 Å². The van der Waals surface area contributed by atoms with Crippen LogP contribution in [0.2, 0.25) is 5.28 Å². The van der Waals surface area contributed by atoms with Gasteiger partial charge in [-0.1, -0.05) is 38.1 Å². The predicted octanol–water partition coefficient (Wildman–Crippen LogP) is 4.80. The fourth-order valence-electron chi connectivity index (χ4n) is 5.83. The average Bonchev–Trinajstić information content (AvgIpc) is 3.16. The number of fused-ring (bicyclic) bond motifs is 1. The smallest absolute Gasteiger partial charge is 0.248 e. The number of anilines is 3. The topological polar surface area (TPSA) is 170 Å². The van der Waals surface area contributed by atoms with E-state index in [2.05, 4.69) is 20.3 Å². The van der Waals surface area contributed by atoms with Gasteiger partial charge in [-0.25, -0.2) is 29.2 Å². The van der Waals surface area contributed by atoms with Crippen molar-refractivity contribution >= 4 is 44.6 Å². The van der Waals surface area contributed by atoms with Crippen molar-refractivity contribution in [1.82, 2.24) is 19.3 Å². The molecule has 1 aliphatic rings. The molecule has 1 atom stereocenters. The minimum Gasteiger partial charge on any atom is -0.475 e. The second-order valence-corrected chi connectivity index (χ2v) is 14.3. The lowest BCUT2D eigenvalue weighted by Gasteiger charge is -2.36. The fourth-order valence-corrected chi connectivity index (χ4v) is 7.41. The number of benzene rings is 2. The summed E-state index contributed by atoms with van der Waals surface area (Å²) >= 11 is 5.87. The maximum Gasteiger partial charge on any atom is 0.248 e. The highest BCUT2D eigenvalue weighted by atomic mass is 35.5. The standard InChI is InChI=1S/C33H39ClN8O4S/c1-6-42(36)26-12-11-25(21(3)29(26)35)28(33(4,5)31(43)40-24-17-38-32(34)39-18-24)22-10-9-20(2)23(16-22)19-41-14-15-46-30-27(47(41,44)45)8-7-13-37-30/h7-13,16-18,28H,6,14-15,19,35-36H2,1-5H3,(H,40,43)/t28-/m0/s1. The molecule has 248 valence electrons. The van der Waals surface area contributed by atoms with Gasteiger partial charge in [-0.15, -0.1) is 0 Å². The van der Waals surface area contributed by atoms with Gasteiger partial charge >= 0.3 is 0 Å². The molecule has 5 N–H and O–H groups in total. The fraction of sp³-hybridized carbons (Fsp3) is 0.333. The van der Waals surface area contributed by atoms with Crippen LogP contribution in [0.4, 0.5) is 17.1 Å². The van der Waals surface area contributed by atoms with Crippen LogP contribution in [0.3, 0.4) is 0 Å².